The number of aromatic carboxylic acids is 1. The zero-order valence-electron chi connectivity index (χ0n) is 9.17. The topological polar surface area (TPSA) is 80.4 Å². The first kappa shape index (κ1) is 14.2. The summed E-state index contributed by atoms with van der Waals surface area (Å²) in [6.45, 7) is 0. The van der Waals surface area contributed by atoms with Gasteiger partial charge in [-0.1, -0.05) is 12.2 Å². The van der Waals surface area contributed by atoms with Gasteiger partial charge in [0.1, 0.15) is 11.4 Å². The largest absolute Gasteiger partial charge is 0.477 e. The van der Waals surface area contributed by atoms with Crippen LogP contribution in [0.25, 0.3) is 6.08 Å². The summed E-state index contributed by atoms with van der Waals surface area (Å²) in [6, 6.07) is 1.56. The lowest BCUT2D eigenvalue weighted by atomic mass is 10.1. The van der Waals surface area contributed by atoms with Crippen molar-refractivity contribution in [1.29, 1.82) is 0 Å². The van der Waals surface area contributed by atoms with Gasteiger partial charge in [0.05, 0.1) is 4.92 Å². The zero-order valence-corrected chi connectivity index (χ0v) is 10.1. The minimum absolute atomic E-state index is 0.0199. The molecule has 0 heterocycles. The number of nitro groups is 1. The van der Waals surface area contributed by atoms with E-state index in [0.717, 1.165) is 6.07 Å². The maximum atomic E-state index is 13.5. The van der Waals surface area contributed by atoms with Gasteiger partial charge in [-0.3, -0.25) is 10.1 Å². The van der Waals surface area contributed by atoms with E-state index >= 15 is 0 Å². The van der Waals surface area contributed by atoms with Crippen LogP contribution in [-0.4, -0.2) is 21.8 Å². The molecule has 1 aromatic carbocycles. The second-order valence-corrected chi connectivity index (χ2v) is 3.81. The molecule has 0 bridgehead atoms. The molecular formula is C11H10FNO4S. The molecule has 5 nitrogen and oxygen atoms in total. The van der Waals surface area contributed by atoms with Crippen molar-refractivity contribution >= 4 is 30.4 Å². The van der Waals surface area contributed by atoms with Crippen molar-refractivity contribution in [3.8, 4) is 0 Å². The average Bonchev–Trinajstić information content (AvgIpc) is 2.30. The highest BCUT2D eigenvalue weighted by Crippen LogP contribution is 2.24. The van der Waals surface area contributed by atoms with Crippen molar-refractivity contribution < 1.29 is 19.2 Å². The molecule has 1 N–H and O–H groups in total. The van der Waals surface area contributed by atoms with Crippen LogP contribution in [0.4, 0.5) is 10.1 Å². The van der Waals surface area contributed by atoms with E-state index in [1.165, 1.54) is 6.08 Å². The van der Waals surface area contributed by atoms with Crippen LogP contribution in [0.1, 0.15) is 22.3 Å². The molecule has 0 aliphatic heterocycles. The number of hydrogen-bond acceptors (Lipinski definition) is 4. The molecule has 0 saturated heterocycles. The summed E-state index contributed by atoms with van der Waals surface area (Å²) >= 11 is 3.96. The molecule has 0 aromatic heterocycles. The number of thiol groups is 1. The van der Waals surface area contributed by atoms with Gasteiger partial charge in [0, 0.05) is 11.6 Å². The normalized spacial score (nSPS) is 10.8. The fourth-order valence-electron chi connectivity index (χ4n) is 1.31. The van der Waals surface area contributed by atoms with Gasteiger partial charge in [0.25, 0.3) is 5.69 Å². The molecule has 0 aliphatic rings. The first-order valence-corrected chi connectivity index (χ1v) is 5.59. The van der Waals surface area contributed by atoms with E-state index in [0.29, 0.717) is 18.2 Å². The highest BCUT2D eigenvalue weighted by Gasteiger charge is 2.22. The summed E-state index contributed by atoms with van der Waals surface area (Å²) in [6.07, 6.45) is 3.55. The van der Waals surface area contributed by atoms with Crippen molar-refractivity contribution in [2.45, 2.75) is 6.42 Å². The third kappa shape index (κ3) is 3.30. The van der Waals surface area contributed by atoms with Gasteiger partial charge in [-0.05, 0) is 18.2 Å². The van der Waals surface area contributed by atoms with Crippen LogP contribution in [0.5, 0.6) is 0 Å². The summed E-state index contributed by atoms with van der Waals surface area (Å²) in [7, 11) is 0. The van der Waals surface area contributed by atoms with Crippen molar-refractivity contribution in [2.24, 2.45) is 0 Å². The third-order valence-corrected chi connectivity index (χ3v) is 2.39. The Morgan fingerprint density at radius 2 is 2.22 bits per heavy atom. The van der Waals surface area contributed by atoms with Crippen LogP contribution in [0, 0.1) is 15.9 Å². The molecule has 0 radical (unpaired) electrons. The molecule has 1 rings (SSSR count). The van der Waals surface area contributed by atoms with Crippen LogP contribution in [-0.2, 0) is 0 Å². The zero-order chi connectivity index (χ0) is 13.7. The highest BCUT2D eigenvalue weighted by molar-refractivity contribution is 7.80. The predicted molar refractivity (Wildman–Crippen MR) is 67.5 cm³/mol. The summed E-state index contributed by atoms with van der Waals surface area (Å²) in [4.78, 5) is 20.6. The lowest BCUT2D eigenvalue weighted by Gasteiger charge is -2.01. The predicted octanol–water partition coefficient (Wildman–Crippen LogP) is 2.77. The van der Waals surface area contributed by atoms with Gasteiger partial charge in [-0.25, -0.2) is 9.18 Å². The number of nitro benzene ring substituents is 1. The van der Waals surface area contributed by atoms with Crippen molar-refractivity contribution in [3.63, 3.8) is 0 Å². The average molecular weight is 271 g/mol. The van der Waals surface area contributed by atoms with E-state index in [1.54, 1.807) is 6.08 Å². The number of hydrogen-bond donors (Lipinski definition) is 2. The quantitative estimate of drug-likeness (QED) is 0.490. The number of halogens is 1. The molecule has 0 unspecified atom stereocenters. The van der Waals surface area contributed by atoms with E-state index in [-0.39, 0.29) is 5.56 Å². The summed E-state index contributed by atoms with van der Waals surface area (Å²) in [5, 5.41) is 19.4. The molecule has 7 heteroatoms. The van der Waals surface area contributed by atoms with Crippen LogP contribution < -0.4 is 0 Å². The summed E-state index contributed by atoms with van der Waals surface area (Å²) in [5.41, 5.74) is -1.31. The Kier molecular flexibility index (Phi) is 4.85. The van der Waals surface area contributed by atoms with Crippen LogP contribution in [0.3, 0.4) is 0 Å². The van der Waals surface area contributed by atoms with E-state index in [1.807, 2.05) is 0 Å². The molecule has 0 spiro atoms. The monoisotopic (exact) mass is 271 g/mol. The smallest absolute Gasteiger partial charge is 0.342 e. The van der Waals surface area contributed by atoms with E-state index < -0.39 is 28.0 Å². The number of allylic oxidation sites excluding steroid dienone is 1. The summed E-state index contributed by atoms with van der Waals surface area (Å²) in [5.74, 6) is -1.78. The molecule has 0 aliphatic carbocycles. The Balaban J connectivity index is 3.27. The van der Waals surface area contributed by atoms with Crippen molar-refractivity contribution in [1.82, 2.24) is 0 Å². The molecule has 96 valence electrons. The number of carbonyl (C=O) groups is 1. The molecule has 0 amide bonds. The second-order valence-electron chi connectivity index (χ2n) is 3.37. The fourth-order valence-corrected chi connectivity index (χ4v) is 1.46. The van der Waals surface area contributed by atoms with E-state index in [4.69, 9.17) is 5.11 Å². The second kappa shape index (κ2) is 6.15. The van der Waals surface area contributed by atoms with Crippen LogP contribution >= 0.6 is 12.6 Å². The first-order chi connectivity index (χ1) is 8.47. The Bertz CT molecular complexity index is 516. The lowest BCUT2D eigenvalue weighted by molar-refractivity contribution is -0.385. The van der Waals surface area contributed by atoms with Crippen molar-refractivity contribution in [3.05, 3.63) is 45.3 Å². The standard InChI is InChI=1S/C11H10FNO4S/c12-9-6-8(11(14)15)10(13(16)17)5-7(9)3-1-2-4-18/h1,3,5-6,18H,2,4H2,(H,14,15). The molecule has 0 atom stereocenters. The van der Waals surface area contributed by atoms with E-state index in [2.05, 4.69) is 12.6 Å². The van der Waals surface area contributed by atoms with Gasteiger partial charge in [-0.2, -0.15) is 12.6 Å². The van der Waals surface area contributed by atoms with Gasteiger partial charge in [0.2, 0.25) is 0 Å². The molecular weight excluding hydrogens is 261 g/mol. The minimum atomic E-state index is -1.54. The number of benzene rings is 1. The molecule has 1 aromatic rings. The number of rotatable bonds is 5. The van der Waals surface area contributed by atoms with Crippen LogP contribution in [0.2, 0.25) is 0 Å². The lowest BCUT2D eigenvalue weighted by Crippen LogP contribution is -2.04. The number of carboxylic acid groups (broad SMARTS) is 1. The Morgan fingerprint density at radius 1 is 1.56 bits per heavy atom. The third-order valence-electron chi connectivity index (χ3n) is 2.14. The first-order valence-electron chi connectivity index (χ1n) is 4.96. The SMILES string of the molecule is O=C(O)c1cc(F)c(C=CCCS)cc1[N+](=O)[O-]. The Morgan fingerprint density at radius 3 is 2.72 bits per heavy atom. The maximum absolute atomic E-state index is 13.5. The Hall–Kier alpha value is -1.89. The molecule has 18 heavy (non-hydrogen) atoms. The van der Waals surface area contributed by atoms with E-state index in [9.17, 15) is 19.3 Å². The molecule has 0 saturated carbocycles. The Labute approximate surface area is 107 Å². The minimum Gasteiger partial charge on any atom is -0.477 e. The summed E-state index contributed by atoms with van der Waals surface area (Å²) < 4.78 is 13.5. The molecule has 0 fully saturated rings. The van der Waals surface area contributed by atoms with Gasteiger partial charge in [0.15, 0.2) is 0 Å². The number of carboxylic acids is 1. The maximum Gasteiger partial charge on any atom is 0.342 e. The highest BCUT2D eigenvalue weighted by atomic mass is 32.1. The number of nitrogens with zero attached hydrogens (tertiary/aromatic N) is 1. The van der Waals surface area contributed by atoms with Gasteiger partial charge < -0.3 is 5.11 Å². The van der Waals surface area contributed by atoms with Gasteiger partial charge in [-0.15, -0.1) is 0 Å². The van der Waals surface area contributed by atoms with Crippen molar-refractivity contribution in [2.75, 3.05) is 5.75 Å². The fraction of sp³-hybridized carbons (Fsp3) is 0.182. The van der Waals surface area contributed by atoms with Gasteiger partial charge >= 0.3 is 5.97 Å². The van der Waals surface area contributed by atoms with Crippen LogP contribution in [0.15, 0.2) is 18.2 Å².